The molecule has 0 bridgehead atoms. The monoisotopic (exact) mass is 478 g/mol. The van der Waals surface area contributed by atoms with Gasteiger partial charge >= 0.3 is 0 Å². The van der Waals surface area contributed by atoms with Gasteiger partial charge in [0, 0.05) is 22.8 Å². The highest BCUT2D eigenvalue weighted by Gasteiger charge is 2.25. The van der Waals surface area contributed by atoms with E-state index in [-0.39, 0.29) is 10.7 Å². The fourth-order valence-corrected chi connectivity index (χ4v) is 5.79. The molecule has 2 aromatic heterocycles. The summed E-state index contributed by atoms with van der Waals surface area (Å²) in [5.74, 6) is 0.906. The maximum Gasteiger partial charge on any atom is 0.268 e. The van der Waals surface area contributed by atoms with Gasteiger partial charge in [-0.25, -0.2) is 16.8 Å². The van der Waals surface area contributed by atoms with Gasteiger partial charge in [-0.15, -0.1) is 10.2 Å². The van der Waals surface area contributed by atoms with Crippen LogP contribution < -0.4 is 0 Å². The molecule has 2 heterocycles. The van der Waals surface area contributed by atoms with E-state index in [1.807, 2.05) is 23.6 Å². The average molecular weight is 479 g/mol. The van der Waals surface area contributed by atoms with Gasteiger partial charge in [-0.05, 0) is 48.2 Å². The van der Waals surface area contributed by atoms with Gasteiger partial charge in [0.25, 0.3) is 10.0 Å². The van der Waals surface area contributed by atoms with E-state index in [9.17, 15) is 12.8 Å². The number of benzene rings is 3. The van der Waals surface area contributed by atoms with Crippen molar-refractivity contribution in [3.63, 3.8) is 0 Å². The van der Waals surface area contributed by atoms with E-state index in [1.54, 1.807) is 60.8 Å². The number of para-hydroxylation sites is 1. The Morgan fingerprint density at radius 2 is 1.61 bits per heavy atom. The molecular weight excluding hydrogens is 459 g/mol. The SMILES string of the molecule is CCSc1nnc(-c2cn(S(=O)(=O)c3ccccc3)c3ccccc23)n1-c1ccc(F)cc1. The smallest absolute Gasteiger partial charge is 0.268 e. The summed E-state index contributed by atoms with van der Waals surface area (Å²) in [5, 5.41) is 10.1. The summed E-state index contributed by atoms with van der Waals surface area (Å²) in [4.78, 5) is 0.194. The molecule has 166 valence electrons. The molecule has 6 nitrogen and oxygen atoms in total. The molecule has 9 heteroatoms. The average Bonchev–Trinajstić information content (AvgIpc) is 3.42. The second kappa shape index (κ2) is 8.49. The van der Waals surface area contributed by atoms with E-state index in [4.69, 9.17) is 0 Å². The molecule has 0 spiro atoms. The molecule has 0 N–H and O–H groups in total. The minimum absolute atomic E-state index is 0.194. The van der Waals surface area contributed by atoms with Crippen molar-refractivity contribution in [1.29, 1.82) is 0 Å². The quantitative estimate of drug-likeness (QED) is 0.307. The Morgan fingerprint density at radius 1 is 0.909 bits per heavy atom. The molecule has 0 radical (unpaired) electrons. The summed E-state index contributed by atoms with van der Waals surface area (Å²) in [6.45, 7) is 2.01. The standard InChI is InChI=1S/C24H19FN4O2S2/c1-2-32-24-27-26-23(29(24)18-14-12-17(25)13-15-18)21-16-28(22-11-7-6-10-20(21)22)33(30,31)19-8-4-3-5-9-19/h3-16H,2H2,1H3. The van der Waals surface area contributed by atoms with Crippen LogP contribution in [0.4, 0.5) is 4.39 Å². The largest absolute Gasteiger partial charge is 0.270 e. The first-order valence-electron chi connectivity index (χ1n) is 10.3. The van der Waals surface area contributed by atoms with Crippen molar-refractivity contribution in [2.24, 2.45) is 0 Å². The van der Waals surface area contributed by atoms with Crippen LogP contribution in [0.15, 0.2) is 95.1 Å². The molecule has 0 aliphatic rings. The highest BCUT2D eigenvalue weighted by Crippen LogP contribution is 2.35. The Bertz CT molecular complexity index is 1540. The number of hydrogen-bond donors (Lipinski definition) is 0. The third-order valence-corrected chi connectivity index (χ3v) is 7.71. The van der Waals surface area contributed by atoms with Gasteiger partial charge in [-0.2, -0.15) is 0 Å². The molecule has 0 saturated heterocycles. The second-order valence-corrected chi connectivity index (χ2v) is 10.3. The lowest BCUT2D eigenvalue weighted by Crippen LogP contribution is -2.11. The Hall–Kier alpha value is -3.43. The van der Waals surface area contributed by atoms with Gasteiger partial charge in [0.1, 0.15) is 5.82 Å². The summed E-state index contributed by atoms with van der Waals surface area (Å²) < 4.78 is 43.6. The summed E-state index contributed by atoms with van der Waals surface area (Å²) in [6, 6.07) is 21.6. The van der Waals surface area contributed by atoms with Crippen LogP contribution in [0, 0.1) is 5.82 Å². The van der Waals surface area contributed by atoms with E-state index in [1.165, 1.54) is 27.9 Å². The molecule has 0 atom stereocenters. The van der Waals surface area contributed by atoms with Crippen LogP contribution in [0.1, 0.15) is 6.92 Å². The fraction of sp³-hybridized carbons (Fsp3) is 0.0833. The van der Waals surface area contributed by atoms with E-state index in [2.05, 4.69) is 10.2 Å². The van der Waals surface area contributed by atoms with Crippen molar-refractivity contribution >= 4 is 32.7 Å². The fourth-order valence-electron chi connectivity index (χ4n) is 3.72. The van der Waals surface area contributed by atoms with Gasteiger partial charge in [-0.1, -0.05) is 55.1 Å². The summed E-state index contributed by atoms with van der Waals surface area (Å²) in [7, 11) is -3.83. The van der Waals surface area contributed by atoms with Crippen LogP contribution in [-0.4, -0.2) is 32.9 Å². The lowest BCUT2D eigenvalue weighted by molar-refractivity contribution is 0.589. The molecule has 0 aliphatic heterocycles. The Labute approximate surface area is 194 Å². The van der Waals surface area contributed by atoms with Gasteiger partial charge in [0.2, 0.25) is 0 Å². The van der Waals surface area contributed by atoms with E-state index < -0.39 is 10.0 Å². The van der Waals surface area contributed by atoms with Gasteiger partial charge < -0.3 is 0 Å². The van der Waals surface area contributed by atoms with E-state index in [0.29, 0.717) is 27.7 Å². The zero-order valence-electron chi connectivity index (χ0n) is 17.6. The number of thioether (sulfide) groups is 1. The summed E-state index contributed by atoms with van der Waals surface area (Å²) in [5.41, 5.74) is 1.84. The van der Waals surface area contributed by atoms with Crippen molar-refractivity contribution in [2.45, 2.75) is 17.0 Å². The van der Waals surface area contributed by atoms with Crippen molar-refractivity contribution in [2.75, 3.05) is 5.75 Å². The van der Waals surface area contributed by atoms with E-state index >= 15 is 0 Å². The minimum Gasteiger partial charge on any atom is -0.270 e. The molecule has 0 fully saturated rings. The number of rotatable bonds is 6. The predicted molar refractivity (Wildman–Crippen MR) is 128 cm³/mol. The Balaban J connectivity index is 1.77. The zero-order chi connectivity index (χ0) is 23.0. The second-order valence-electron chi connectivity index (χ2n) is 7.22. The first kappa shape index (κ1) is 21.4. The maximum atomic E-state index is 13.6. The van der Waals surface area contributed by atoms with Gasteiger partial charge in [0.05, 0.1) is 10.4 Å². The van der Waals surface area contributed by atoms with Crippen LogP contribution in [-0.2, 0) is 10.0 Å². The van der Waals surface area contributed by atoms with Crippen molar-refractivity contribution in [3.8, 4) is 17.1 Å². The van der Waals surface area contributed by atoms with Crippen LogP contribution in [0.5, 0.6) is 0 Å². The Morgan fingerprint density at radius 3 is 2.33 bits per heavy atom. The van der Waals surface area contributed by atoms with Crippen molar-refractivity contribution in [1.82, 2.24) is 18.7 Å². The minimum atomic E-state index is -3.83. The third kappa shape index (κ3) is 3.73. The Kier molecular flexibility index (Phi) is 5.51. The maximum absolute atomic E-state index is 13.6. The molecule has 0 saturated carbocycles. The molecule has 0 amide bonds. The zero-order valence-corrected chi connectivity index (χ0v) is 19.2. The predicted octanol–water partition coefficient (Wildman–Crippen LogP) is 5.38. The molecule has 0 aliphatic carbocycles. The number of halogens is 1. The molecule has 3 aromatic carbocycles. The molecule has 0 unspecified atom stereocenters. The van der Waals surface area contributed by atoms with Gasteiger partial charge in [-0.3, -0.25) is 4.57 Å². The van der Waals surface area contributed by atoms with Crippen LogP contribution in [0.3, 0.4) is 0 Å². The summed E-state index contributed by atoms with van der Waals surface area (Å²) >= 11 is 1.50. The van der Waals surface area contributed by atoms with E-state index in [0.717, 1.165) is 11.1 Å². The number of fused-ring (bicyclic) bond motifs is 1. The highest BCUT2D eigenvalue weighted by molar-refractivity contribution is 7.99. The highest BCUT2D eigenvalue weighted by atomic mass is 32.2. The molecular formula is C24H19FN4O2S2. The third-order valence-electron chi connectivity index (χ3n) is 5.21. The number of nitrogens with zero attached hydrogens (tertiary/aromatic N) is 4. The first-order valence-corrected chi connectivity index (χ1v) is 12.7. The molecule has 5 aromatic rings. The van der Waals surface area contributed by atoms with Crippen LogP contribution >= 0.6 is 11.8 Å². The molecule has 5 rings (SSSR count). The van der Waals surface area contributed by atoms with Crippen molar-refractivity contribution in [3.05, 3.63) is 90.9 Å². The first-order chi connectivity index (χ1) is 16.0. The molecule has 33 heavy (non-hydrogen) atoms. The topological polar surface area (TPSA) is 69.8 Å². The normalized spacial score (nSPS) is 11.8. The van der Waals surface area contributed by atoms with Crippen LogP contribution in [0.25, 0.3) is 28.0 Å². The van der Waals surface area contributed by atoms with Crippen molar-refractivity contribution < 1.29 is 12.8 Å². The lowest BCUT2D eigenvalue weighted by Gasteiger charge is -2.09. The number of aromatic nitrogens is 4. The van der Waals surface area contributed by atoms with Crippen LogP contribution in [0.2, 0.25) is 0 Å². The van der Waals surface area contributed by atoms with Gasteiger partial charge in [0.15, 0.2) is 11.0 Å². The number of hydrogen-bond acceptors (Lipinski definition) is 5. The summed E-state index contributed by atoms with van der Waals surface area (Å²) in [6.07, 6.45) is 1.58. The lowest BCUT2D eigenvalue weighted by atomic mass is 10.1.